The molecular formula is C8H12N2O2. The Kier molecular flexibility index (Phi) is 2.99. The molecule has 0 saturated heterocycles. The third-order valence-electron chi connectivity index (χ3n) is 1.64. The van der Waals surface area contributed by atoms with Crippen LogP contribution in [0.2, 0.25) is 0 Å². The van der Waals surface area contributed by atoms with Crippen molar-refractivity contribution >= 4 is 0 Å². The average Bonchev–Trinajstić information content (AvgIpc) is 2.09. The Hall–Kier alpha value is -1.16. The predicted molar refractivity (Wildman–Crippen MR) is 45.0 cm³/mol. The van der Waals surface area contributed by atoms with Crippen molar-refractivity contribution in [1.82, 2.24) is 9.55 Å². The molecule has 1 atom stereocenters. The lowest BCUT2D eigenvalue weighted by Gasteiger charge is -2.09. The molecule has 1 rings (SSSR count). The summed E-state index contributed by atoms with van der Waals surface area (Å²) in [6, 6.07) is 1.73. The van der Waals surface area contributed by atoms with E-state index in [0.29, 0.717) is 6.54 Å². The highest BCUT2D eigenvalue weighted by Gasteiger charge is 2.01. The lowest BCUT2D eigenvalue weighted by Crippen LogP contribution is -2.26. The van der Waals surface area contributed by atoms with Crippen LogP contribution in [0.5, 0.6) is 0 Å². The maximum Gasteiger partial charge on any atom is 0.347 e. The second-order valence-electron chi connectivity index (χ2n) is 2.60. The minimum absolute atomic E-state index is 0.0342. The first kappa shape index (κ1) is 8.93. The predicted octanol–water partition coefficient (Wildman–Crippen LogP) is 0.278. The van der Waals surface area contributed by atoms with Crippen LogP contribution in [0.25, 0.3) is 0 Å². The van der Waals surface area contributed by atoms with Crippen molar-refractivity contribution < 1.29 is 4.74 Å². The van der Waals surface area contributed by atoms with Gasteiger partial charge in [-0.1, -0.05) is 0 Å². The van der Waals surface area contributed by atoms with Gasteiger partial charge >= 0.3 is 5.69 Å². The summed E-state index contributed by atoms with van der Waals surface area (Å²) < 4.78 is 6.54. The minimum atomic E-state index is -0.235. The fraction of sp³-hybridized carbons (Fsp3) is 0.500. The van der Waals surface area contributed by atoms with Gasteiger partial charge < -0.3 is 4.74 Å². The van der Waals surface area contributed by atoms with Crippen molar-refractivity contribution in [3.05, 3.63) is 28.9 Å². The Labute approximate surface area is 70.8 Å². The summed E-state index contributed by atoms with van der Waals surface area (Å²) >= 11 is 0. The quantitative estimate of drug-likeness (QED) is 0.651. The standard InChI is InChI=1S/C8H12N2O2/c1-7(12-2)6-10-5-3-4-9-8(10)11/h3-5,7H,6H2,1-2H3. The summed E-state index contributed by atoms with van der Waals surface area (Å²) in [5.41, 5.74) is -0.235. The van der Waals surface area contributed by atoms with Crippen molar-refractivity contribution in [3.8, 4) is 0 Å². The Bertz CT molecular complexity index is 295. The molecule has 1 aromatic rings. The topological polar surface area (TPSA) is 44.1 Å². The summed E-state index contributed by atoms with van der Waals surface area (Å²) in [5.74, 6) is 0. The smallest absolute Gasteiger partial charge is 0.347 e. The summed E-state index contributed by atoms with van der Waals surface area (Å²) in [6.07, 6.45) is 3.22. The van der Waals surface area contributed by atoms with Crippen LogP contribution in [0.15, 0.2) is 23.3 Å². The van der Waals surface area contributed by atoms with Crippen LogP contribution in [-0.2, 0) is 11.3 Å². The molecule has 4 heteroatoms. The monoisotopic (exact) mass is 168 g/mol. The highest BCUT2D eigenvalue weighted by Crippen LogP contribution is 1.90. The lowest BCUT2D eigenvalue weighted by atomic mass is 10.4. The maximum absolute atomic E-state index is 11.1. The molecule has 1 unspecified atom stereocenters. The number of hydrogen-bond donors (Lipinski definition) is 0. The highest BCUT2D eigenvalue weighted by atomic mass is 16.5. The molecule has 0 spiro atoms. The van der Waals surface area contributed by atoms with Crippen LogP contribution in [0.4, 0.5) is 0 Å². The first-order valence-corrected chi connectivity index (χ1v) is 3.78. The van der Waals surface area contributed by atoms with E-state index < -0.39 is 0 Å². The number of rotatable bonds is 3. The van der Waals surface area contributed by atoms with Crippen molar-refractivity contribution in [2.75, 3.05) is 7.11 Å². The van der Waals surface area contributed by atoms with Crippen LogP contribution in [-0.4, -0.2) is 22.8 Å². The van der Waals surface area contributed by atoms with Crippen molar-refractivity contribution in [3.63, 3.8) is 0 Å². The summed E-state index contributed by atoms with van der Waals surface area (Å²) in [7, 11) is 1.62. The number of aromatic nitrogens is 2. The molecular weight excluding hydrogens is 156 g/mol. The van der Waals surface area contributed by atoms with Gasteiger partial charge in [0.05, 0.1) is 12.6 Å². The van der Waals surface area contributed by atoms with E-state index in [-0.39, 0.29) is 11.8 Å². The minimum Gasteiger partial charge on any atom is -0.380 e. The summed E-state index contributed by atoms with van der Waals surface area (Å²) in [6.45, 7) is 2.45. The molecule has 0 amide bonds. The second-order valence-corrected chi connectivity index (χ2v) is 2.60. The van der Waals surface area contributed by atoms with Gasteiger partial charge in [0.25, 0.3) is 0 Å². The Morgan fingerprint density at radius 3 is 3.08 bits per heavy atom. The molecule has 4 nitrogen and oxygen atoms in total. The summed E-state index contributed by atoms with van der Waals surface area (Å²) in [4.78, 5) is 14.7. The molecule has 0 aliphatic rings. The van der Waals surface area contributed by atoms with Crippen LogP contribution < -0.4 is 5.69 Å². The van der Waals surface area contributed by atoms with Crippen LogP contribution in [0.3, 0.4) is 0 Å². The Morgan fingerprint density at radius 1 is 1.75 bits per heavy atom. The Morgan fingerprint density at radius 2 is 2.50 bits per heavy atom. The highest BCUT2D eigenvalue weighted by molar-refractivity contribution is 4.81. The molecule has 0 aromatic carbocycles. The number of hydrogen-bond acceptors (Lipinski definition) is 3. The van der Waals surface area contributed by atoms with Crippen molar-refractivity contribution in [2.45, 2.75) is 19.6 Å². The molecule has 0 saturated carbocycles. The normalized spacial score (nSPS) is 12.8. The molecule has 0 aliphatic carbocycles. The Balaban J connectivity index is 2.76. The number of nitrogens with zero attached hydrogens (tertiary/aromatic N) is 2. The third kappa shape index (κ3) is 2.17. The SMILES string of the molecule is COC(C)Cn1cccnc1=O. The maximum atomic E-state index is 11.1. The van der Waals surface area contributed by atoms with E-state index in [0.717, 1.165) is 0 Å². The largest absolute Gasteiger partial charge is 0.380 e. The van der Waals surface area contributed by atoms with Gasteiger partial charge in [-0.25, -0.2) is 9.78 Å². The molecule has 0 aliphatic heterocycles. The van der Waals surface area contributed by atoms with Gasteiger partial charge in [0, 0.05) is 19.5 Å². The number of ether oxygens (including phenoxy) is 1. The lowest BCUT2D eigenvalue weighted by molar-refractivity contribution is 0.102. The van der Waals surface area contributed by atoms with Crippen LogP contribution >= 0.6 is 0 Å². The van der Waals surface area contributed by atoms with Gasteiger partial charge in [-0.15, -0.1) is 0 Å². The molecule has 0 fully saturated rings. The van der Waals surface area contributed by atoms with Crippen molar-refractivity contribution in [1.29, 1.82) is 0 Å². The van der Waals surface area contributed by atoms with E-state index in [1.54, 1.807) is 19.4 Å². The van der Waals surface area contributed by atoms with Gasteiger partial charge in [0.15, 0.2) is 0 Å². The van der Waals surface area contributed by atoms with Gasteiger partial charge in [-0.3, -0.25) is 4.57 Å². The first-order chi connectivity index (χ1) is 5.74. The summed E-state index contributed by atoms with van der Waals surface area (Å²) in [5, 5.41) is 0. The molecule has 0 radical (unpaired) electrons. The molecule has 0 N–H and O–H groups in total. The second kappa shape index (κ2) is 4.01. The zero-order chi connectivity index (χ0) is 8.97. The van der Waals surface area contributed by atoms with E-state index in [2.05, 4.69) is 4.98 Å². The fourth-order valence-corrected chi connectivity index (χ4v) is 0.878. The molecule has 1 heterocycles. The number of methoxy groups -OCH3 is 1. The van der Waals surface area contributed by atoms with Gasteiger partial charge in [0.1, 0.15) is 0 Å². The third-order valence-corrected chi connectivity index (χ3v) is 1.64. The van der Waals surface area contributed by atoms with E-state index in [1.165, 1.54) is 10.8 Å². The van der Waals surface area contributed by atoms with Gasteiger partial charge in [-0.05, 0) is 13.0 Å². The van der Waals surface area contributed by atoms with E-state index in [1.807, 2.05) is 6.92 Å². The first-order valence-electron chi connectivity index (χ1n) is 3.78. The van der Waals surface area contributed by atoms with E-state index in [4.69, 9.17) is 4.74 Å². The molecule has 0 bridgehead atoms. The molecule has 1 aromatic heterocycles. The molecule has 12 heavy (non-hydrogen) atoms. The average molecular weight is 168 g/mol. The van der Waals surface area contributed by atoms with E-state index >= 15 is 0 Å². The van der Waals surface area contributed by atoms with Crippen LogP contribution in [0.1, 0.15) is 6.92 Å². The zero-order valence-corrected chi connectivity index (χ0v) is 7.23. The van der Waals surface area contributed by atoms with Crippen molar-refractivity contribution in [2.24, 2.45) is 0 Å². The van der Waals surface area contributed by atoms with Gasteiger partial charge in [0.2, 0.25) is 0 Å². The van der Waals surface area contributed by atoms with E-state index in [9.17, 15) is 4.79 Å². The van der Waals surface area contributed by atoms with Gasteiger partial charge in [-0.2, -0.15) is 0 Å². The fourth-order valence-electron chi connectivity index (χ4n) is 0.878. The zero-order valence-electron chi connectivity index (χ0n) is 7.23. The molecule has 66 valence electrons. The van der Waals surface area contributed by atoms with Crippen LogP contribution in [0, 0.1) is 0 Å².